The first-order valence-corrected chi connectivity index (χ1v) is 7.12. The second-order valence-electron chi connectivity index (χ2n) is 4.97. The van der Waals surface area contributed by atoms with Gasteiger partial charge in [-0.3, -0.25) is 14.9 Å². The van der Waals surface area contributed by atoms with Crippen LogP contribution in [0.5, 0.6) is 0 Å². The van der Waals surface area contributed by atoms with Crippen molar-refractivity contribution < 1.29 is 4.79 Å². The van der Waals surface area contributed by atoms with Crippen molar-refractivity contribution in [2.75, 3.05) is 31.1 Å². The molecule has 1 aliphatic heterocycles. The highest BCUT2D eigenvalue weighted by Gasteiger charge is 2.24. The third-order valence-corrected chi connectivity index (χ3v) is 3.67. The first-order valence-electron chi connectivity index (χ1n) is 7.12. The fourth-order valence-corrected chi connectivity index (χ4v) is 2.41. The molecule has 2 aromatic rings. The molecule has 3 rings (SSSR count). The monoisotopic (exact) mass is 286 g/mol. The van der Waals surface area contributed by atoms with Crippen molar-refractivity contribution in [3.63, 3.8) is 0 Å². The zero-order chi connectivity index (χ0) is 14.7. The summed E-state index contributed by atoms with van der Waals surface area (Å²) in [6.07, 6.45) is 5.94. The highest BCUT2D eigenvalue weighted by molar-refractivity contribution is 5.92. The molecule has 7 nitrogen and oxygen atoms in total. The quantitative estimate of drug-likeness (QED) is 0.899. The number of aromatic nitrogens is 4. The van der Waals surface area contributed by atoms with E-state index in [-0.39, 0.29) is 5.91 Å². The van der Waals surface area contributed by atoms with Crippen LogP contribution < -0.4 is 4.90 Å². The number of rotatable bonds is 3. The Hall–Kier alpha value is -2.44. The van der Waals surface area contributed by atoms with Crippen molar-refractivity contribution in [1.82, 2.24) is 25.1 Å². The van der Waals surface area contributed by atoms with E-state index in [1.807, 2.05) is 17.9 Å². The molecule has 0 radical (unpaired) electrons. The van der Waals surface area contributed by atoms with Crippen LogP contribution in [0.1, 0.15) is 23.1 Å². The van der Waals surface area contributed by atoms with Crippen molar-refractivity contribution in [1.29, 1.82) is 0 Å². The maximum atomic E-state index is 12.4. The van der Waals surface area contributed by atoms with Crippen molar-refractivity contribution >= 4 is 11.7 Å². The van der Waals surface area contributed by atoms with Crippen LogP contribution in [0.3, 0.4) is 0 Å². The van der Waals surface area contributed by atoms with Gasteiger partial charge in [-0.25, -0.2) is 4.98 Å². The lowest BCUT2D eigenvalue weighted by Crippen LogP contribution is -2.49. The van der Waals surface area contributed by atoms with Crippen molar-refractivity contribution in [2.45, 2.75) is 13.3 Å². The summed E-state index contributed by atoms with van der Waals surface area (Å²) in [6.45, 7) is 4.89. The Morgan fingerprint density at radius 1 is 1.29 bits per heavy atom. The number of piperazine rings is 1. The van der Waals surface area contributed by atoms with E-state index in [4.69, 9.17) is 0 Å². The number of aryl methyl sites for hydroxylation is 1. The standard InChI is InChI=1S/C14H18N6O/c1-2-11-9-12(18-17-11)14(21)20-7-5-19(6-8-20)13-10-15-3-4-16-13/h3-4,9-10H,2,5-8H2,1H3,(H,17,18). The minimum absolute atomic E-state index is 0.00949. The van der Waals surface area contributed by atoms with Gasteiger partial charge in [0.25, 0.3) is 5.91 Å². The molecule has 110 valence electrons. The molecule has 0 bridgehead atoms. The molecule has 3 heterocycles. The van der Waals surface area contributed by atoms with Crippen LogP contribution in [0, 0.1) is 0 Å². The summed E-state index contributed by atoms with van der Waals surface area (Å²) in [6, 6.07) is 1.83. The van der Waals surface area contributed by atoms with Gasteiger partial charge >= 0.3 is 0 Å². The Labute approximate surface area is 123 Å². The Bertz CT molecular complexity index is 603. The van der Waals surface area contributed by atoms with E-state index in [0.717, 1.165) is 31.0 Å². The largest absolute Gasteiger partial charge is 0.352 e. The molecule has 0 spiro atoms. The molecule has 1 N–H and O–H groups in total. The number of nitrogens with zero attached hydrogens (tertiary/aromatic N) is 5. The van der Waals surface area contributed by atoms with Gasteiger partial charge in [0.15, 0.2) is 0 Å². The first-order chi connectivity index (χ1) is 10.3. The summed E-state index contributed by atoms with van der Waals surface area (Å²) in [7, 11) is 0. The maximum Gasteiger partial charge on any atom is 0.274 e. The molecule has 0 aliphatic carbocycles. The van der Waals surface area contributed by atoms with E-state index in [0.29, 0.717) is 18.8 Å². The highest BCUT2D eigenvalue weighted by Crippen LogP contribution is 2.13. The summed E-state index contributed by atoms with van der Waals surface area (Å²) in [4.78, 5) is 24.7. The second-order valence-corrected chi connectivity index (χ2v) is 4.97. The summed E-state index contributed by atoms with van der Waals surface area (Å²) in [5, 5.41) is 6.97. The van der Waals surface area contributed by atoms with Gasteiger partial charge in [0, 0.05) is 44.3 Å². The molecule has 2 aromatic heterocycles. The second kappa shape index (κ2) is 5.90. The number of hydrogen-bond donors (Lipinski definition) is 1. The molecule has 1 saturated heterocycles. The predicted octanol–water partition coefficient (Wildman–Crippen LogP) is 0.724. The Morgan fingerprint density at radius 2 is 2.10 bits per heavy atom. The van der Waals surface area contributed by atoms with E-state index in [1.54, 1.807) is 18.6 Å². The van der Waals surface area contributed by atoms with Crippen LogP contribution in [0.2, 0.25) is 0 Å². The SMILES string of the molecule is CCc1cc(C(=O)N2CCN(c3cnccn3)CC2)n[nH]1. The average molecular weight is 286 g/mol. The smallest absolute Gasteiger partial charge is 0.274 e. The minimum Gasteiger partial charge on any atom is -0.352 e. The molecule has 0 saturated carbocycles. The summed E-state index contributed by atoms with van der Waals surface area (Å²) in [5.74, 6) is 0.849. The molecule has 1 aliphatic rings. The average Bonchev–Trinajstić information content (AvgIpc) is 3.04. The fraction of sp³-hybridized carbons (Fsp3) is 0.429. The van der Waals surface area contributed by atoms with Gasteiger partial charge in [-0.2, -0.15) is 5.10 Å². The molecule has 0 atom stereocenters. The zero-order valence-corrected chi connectivity index (χ0v) is 12.0. The third kappa shape index (κ3) is 2.86. The number of H-pyrrole nitrogens is 1. The number of carbonyl (C=O) groups is 1. The predicted molar refractivity (Wildman–Crippen MR) is 78.1 cm³/mol. The van der Waals surface area contributed by atoms with Crippen LogP contribution in [0.4, 0.5) is 5.82 Å². The van der Waals surface area contributed by atoms with Crippen molar-refractivity contribution in [2.24, 2.45) is 0 Å². The van der Waals surface area contributed by atoms with E-state index in [1.165, 1.54) is 0 Å². The Balaban J connectivity index is 1.61. The third-order valence-electron chi connectivity index (χ3n) is 3.67. The Morgan fingerprint density at radius 3 is 2.71 bits per heavy atom. The maximum absolute atomic E-state index is 12.4. The normalized spacial score (nSPS) is 15.3. The lowest BCUT2D eigenvalue weighted by Gasteiger charge is -2.34. The summed E-state index contributed by atoms with van der Waals surface area (Å²) >= 11 is 0. The van der Waals surface area contributed by atoms with E-state index in [2.05, 4.69) is 25.1 Å². The van der Waals surface area contributed by atoms with Crippen LogP contribution in [0.15, 0.2) is 24.7 Å². The van der Waals surface area contributed by atoms with Gasteiger partial charge in [-0.05, 0) is 12.5 Å². The van der Waals surface area contributed by atoms with Crippen molar-refractivity contribution in [3.8, 4) is 0 Å². The molecule has 0 unspecified atom stereocenters. The molecular weight excluding hydrogens is 268 g/mol. The number of carbonyl (C=O) groups excluding carboxylic acids is 1. The number of anilines is 1. The zero-order valence-electron chi connectivity index (χ0n) is 12.0. The Kier molecular flexibility index (Phi) is 3.81. The van der Waals surface area contributed by atoms with Gasteiger partial charge in [0.1, 0.15) is 11.5 Å². The van der Waals surface area contributed by atoms with Gasteiger partial charge in [-0.1, -0.05) is 6.92 Å². The van der Waals surface area contributed by atoms with Crippen molar-refractivity contribution in [3.05, 3.63) is 36.0 Å². The van der Waals surface area contributed by atoms with Crippen LogP contribution >= 0.6 is 0 Å². The fourth-order valence-electron chi connectivity index (χ4n) is 2.41. The topological polar surface area (TPSA) is 78.0 Å². The van der Waals surface area contributed by atoms with Gasteiger partial charge in [0.2, 0.25) is 0 Å². The number of hydrogen-bond acceptors (Lipinski definition) is 5. The minimum atomic E-state index is -0.00949. The van der Waals surface area contributed by atoms with Gasteiger partial charge in [-0.15, -0.1) is 0 Å². The number of aromatic amines is 1. The molecule has 21 heavy (non-hydrogen) atoms. The van der Waals surface area contributed by atoms with Gasteiger partial charge in [0.05, 0.1) is 6.20 Å². The molecular formula is C14H18N6O. The van der Waals surface area contributed by atoms with E-state index >= 15 is 0 Å². The molecule has 1 amide bonds. The molecule has 0 aromatic carbocycles. The summed E-state index contributed by atoms with van der Waals surface area (Å²) in [5.41, 5.74) is 1.48. The number of nitrogens with one attached hydrogen (secondary N) is 1. The van der Waals surface area contributed by atoms with Crippen LogP contribution in [-0.4, -0.2) is 57.2 Å². The lowest BCUT2D eigenvalue weighted by molar-refractivity contribution is 0.0740. The summed E-state index contributed by atoms with van der Waals surface area (Å²) < 4.78 is 0. The van der Waals surface area contributed by atoms with Crippen LogP contribution in [0.25, 0.3) is 0 Å². The van der Waals surface area contributed by atoms with Crippen LogP contribution in [-0.2, 0) is 6.42 Å². The van der Waals surface area contributed by atoms with Gasteiger partial charge < -0.3 is 9.80 Å². The van der Waals surface area contributed by atoms with E-state index < -0.39 is 0 Å². The molecule has 7 heteroatoms. The molecule has 1 fully saturated rings. The first kappa shape index (κ1) is 13.5. The highest BCUT2D eigenvalue weighted by atomic mass is 16.2. The van der Waals surface area contributed by atoms with E-state index in [9.17, 15) is 4.79 Å². The number of amides is 1. The lowest BCUT2D eigenvalue weighted by atomic mass is 10.2.